The van der Waals surface area contributed by atoms with Crippen LogP contribution in [0.1, 0.15) is 28.8 Å². The molecule has 7 nitrogen and oxygen atoms in total. The number of piperidine rings is 1. The van der Waals surface area contributed by atoms with E-state index >= 15 is 0 Å². The molecule has 1 N–H and O–H groups in total. The molecule has 0 bridgehead atoms. The molecule has 1 aliphatic heterocycles. The van der Waals surface area contributed by atoms with E-state index in [0.717, 1.165) is 0 Å². The molecule has 7 heteroatoms. The van der Waals surface area contributed by atoms with Gasteiger partial charge in [0, 0.05) is 30.3 Å². The Kier molecular flexibility index (Phi) is 4.21. The minimum atomic E-state index is -0.914. The van der Waals surface area contributed by atoms with Crippen LogP contribution in [0.25, 0.3) is 0 Å². The van der Waals surface area contributed by atoms with E-state index in [2.05, 4.69) is 0 Å². The van der Waals surface area contributed by atoms with Gasteiger partial charge < -0.3 is 10.0 Å². The summed E-state index contributed by atoms with van der Waals surface area (Å²) in [6, 6.07) is 4.36. The molecule has 21 heavy (non-hydrogen) atoms. The average molecular weight is 292 g/mol. The van der Waals surface area contributed by atoms with Crippen LogP contribution in [-0.4, -0.2) is 39.9 Å². The second kappa shape index (κ2) is 5.90. The van der Waals surface area contributed by atoms with Gasteiger partial charge in [-0.3, -0.25) is 19.7 Å². The number of likely N-dealkylation sites (tertiary alicyclic amines) is 1. The predicted molar refractivity (Wildman–Crippen MR) is 74.1 cm³/mol. The molecule has 0 saturated carbocycles. The van der Waals surface area contributed by atoms with Crippen molar-refractivity contribution in [1.82, 2.24) is 4.90 Å². The number of benzene rings is 1. The highest BCUT2D eigenvalue weighted by atomic mass is 16.6. The summed E-state index contributed by atoms with van der Waals surface area (Å²) in [6.45, 7) is 2.16. The largest absolute Gasteiger partial charge is 0.481 e. The normalized spacial score (nSPS) is 18.3. The lowest BCUT2D eigenvalue weighted by Crippen LogP contribution is -2.42. The van der Waals surface area contributed by atoms with Crippen molar-refractivity contribution < 1.29 is 19.6 Å². The summed E-state index contributed by atoms with van der Waals surface area (Å²) in [5.41, 5.74) is 0.466. The Hall–Kier alpha value is -2.44. The third kappa shape index (κ3) is 3.01. The number of hydrogen-bond donors (Lipinski definition) is 1. The van der Waals surface area contributed by atoms with E-state index in [1.165, 1.54) is 30.0 Å². The van der Waals surface area contributed by atoms with E-state index in [0.29, 0.717) is 24.9 Å². The van der Waals surface area contributed by atoms with Crippen LogP contribution in [0.2, 0.25) is 0 Å². The molecule has 0 aliphatic carbocycles. The lowest BCUT2D eigenvalue weighted by molar-refractivity contribution is -0.385. The number of nitrogens with zero attached hydrogens (tertiary/aromatic N) is 2. The van der Waals surface area contributed by atoms with Gasteiger partial charge in [-0.1, -0.05) is 6.07 Å². The molecule has 2 rings (SSSR count). The third-order valence-electron chi connectivity index (χ3n) is 3.79. The molecule has 0 spiro atoms. The zero-order chi connectivity index (χ0) is 15.6. The molecule has 0 radical (unpaired) electrons. The zero-order valence-electron chi connectivity index (χ0n) is 11.6. The number of carboxylic acids is 1. The van der Waals surface area contributed by atoms with Crippen LogP contribution in [-0.2, 0) is 4.79 Å². The number of aliphatic carboxylic acids is 1. The van der Waals surface area contributed by atoms with Crippen LogP contribution in [0.15, 0.2) is 18.2 Å². The zero-order valence-corrected chi connectivity index (χ0v) is 11.6. The van der Waals surface area contributed by atoms with E-state index in [4.69, 9.17) is 5.11 Å². The van der Waals surface area contributed by atoms with E-state index < -0.39 is 16.8 Å². The molecule has 0 unspecified atom stereocenters. The molecule has 1 aliphatic rings. The van der Waals surface area contributed by atoms with Crippen LogP contribution in [0.3, 0.4) is 0 Å². The molecule has 1 heterocycles. The van der Waals surface area contributed by atoms with Gasteiger partial charge in [0.05, 0.1) is 10.8 Å². The smallest absolute Gasteiger partial charge is 0.308 e. The summed E-state index contributed by atoms with van der Waals surface area (Å²) in [4.78, 5) is 35.4. The number of amides is 1. The minimum absolute atomic E-state index is 0.104. The first-order chi connectivity index (χ1) is 9.91. The van der Waals surface area contributed by atoms with Gasteiger partial charge in [-0.25, -0.2) is 0 Å². The maximum Gasteiger partial charge on any atom is 0.308 e. The first-order valence-corrected chi connectivity index (χ1v) is 6.68. The molecule has 1 saturated heterocycles. The highest BCUT2D eigenvalue weighted by Crippen LogP contribution is 2.24. The van der Waals surface area contributed by atoms with E-state index in [1.54, 1.807) is 0 Å². The number of carbonyl (C=O) groups is 2. The highest BCUT2D eigenvalue weighted by Gasteiger charge is 2.30. The molecular formula is C14H16N2O5. The molecule has 1 amide bonds. The minimum Gasteiger partial charge on any atom is -0.481 e. The van der Waals surface area contributed by atoms with Crippen molar-refractivity contribution in [1.29, 1.82) is 0 Å². The Morgan fingerprint density at radius 2 is 2.14 bits per heavy atom. The lowest BCUT2D eigenvalue weighted by Gasteiger charge is -2.31. The Morgan fingerprint density at radius 1 is 1.43 bits per heavy atom. The lowest BCUT2D eigenvalue weighted by atomic mass is 9.97. The molecular weight excluding hydrogens is 276 g/mol. The number of hydrogen-bond acceptors (Lipinski definition) is 4. The monoisotopic (exact) mass is 292 g/mol. The van der Waals surface area contributed by atoms with Gasteiger partial charge in [-0.05, 0) is 25.8 Å². The summed E-state index contributed by atoms with van der Waals surface area (Å²) in [5, 5.41) is 20.0. The van der Waals surface area contributed by atoms with Crippen LogP contribution < -0.4 is 0 Å². The highest BCUT2D eigenvalue weighted by molar-refractivity contribution is 5.97. The van der Waals surface area contributed by atoms with Gasteiger partial charge in [0.25, 0.3) is 11.6 Å². The Morgan fingerprint density at radius 3 is 2.76 bits per heavy atom. The summed E-state index contributed by atoms with van der Waals surface area (Å²) >= 11 is 0. The standard InChI is InChI=1S/C14H16N2O5/c1-9-11(5-2-6-12(9)16(20)21)13(17)15-7-3-4-10(8-15)14(18)19/h2,5-6,10H,3-4,7-8H2,1H3,(H,18,19)/t10-/m0/s1. The fourth-order valence-corrected chi connectivity index (χ4v) is 2.59. The Bertz CT molecular complexity index is 599. The summed E-state index contributed by atoms with van der Waals surface area (Å²) in [5.74, 6) is -1.83. The van der Waals surface area contributed by atoms with Crippen LogP contribution in [0.5, 0.6) is 0 Å². The third-order valence-corrected chi connectivity index (χ3v) is 3.79. The first-order valence-electron chi connectivity index (χ1n) is 6.68. The van der Waals surface area contributed by atoms with E-state index in [-0.39, 0.29) is 23.7 Å². The van der Waals surface area contributed by atoms with Crippen LogP contribution in [0, 0.1) is 23.0 Å². The van der Waals surface area contributed by atoms with E-state index in [9.17, 15) is 19.7 Å². The molecule has 1 aromatic carbocycles. The summed E-state index contributed by atoms with van der Waals surface area (Å²) < 4.78 is 0. The number of nitro groups is 1. The average Bonchev–Trinajstić information content (AvgIpc) is 2.46. The molecule has 112 valence electrons. The topological polar surface area (TPSA) is 101 Å². The van der Waals surface area contributed by atoms with Crippen molar-refractivity contribution in [2.24, 2.45) is 5.92 Å². The SMILES string of the molecule is Cc1c(C(=O)N2CCC[C@H](C(=O)O)C2)cccc1[N+](=O)[O-]. The fourth-order valence-electron chi connectivity index (χ4n) is 2.59. The Labute approximate surface area is 121 Å². The number of nitro benzene ring substituents is 1. The van der Waals surface area contributed by atoms with E-state index in [1.807, 2.05) is 0 Å². The summed E-state index contributed by atoms with van der Waals surface area (Å²) in [6.07, 6.45) is 1.17. The molecule has 1 fully saturated rings. The van der Waals surface area contributed by atoms with Gasteiger partial charge in [0.1, 0.15) is 0 Å². The fraction of sp³-hybridized carbons (Fsp3) is 0.429. The van der Waals surface area contributed by atoms with Gasteiger partial charge in [0.2, 0.25) is 0 Å². The van der Waals surface area contributed by atoms with Gasteiger partial charge in [-0.15, -0.1) is 0 Å². The van der Waals surface area contributed by atoms with Crippen LogP contribution >= 0.6 is 0 Å². The van der Waals surface area contributed by atoms with Gasteiger partial charge >= 0.3 is 5.97 Å². The predicted octanol–water partition coefficient (Wildman–Crippen LogP) is 1.84. The second-order valence-electron chi connectivity index (χ2n) is 5.14. The maximum atomic E-state index is 12.5. The second-order valence-corrected chi connectivity index (χ2v) is 5.14. The Balaban J connectivity index is 2.26. The van der Waals surface area contributed by atoms with Crippen LogP contribution in [0.4, 0.5) is 5.69 Å². The number of carbonyl (C=O) groups excluding carboxylic acids is 1. The van der Waals surface area contributed by atoms with Gasteiger partial charge in [0.15, 0.2) is 0 Å². The first kappa shape index (κ1) is 15.0. The van der Waals surface area contributed by atoms with Crippen molar-refractivity contribution in [2.75, 3.05) is 13.1 Å². The molecule has 1 atom stereocenters. The summed E-state index contributed by atoms with van der Waals surface area (Å²) in [7, 11) is 0. The quantitative estimate of drug-likeness (QED) is 0.676. The van der Waals surface area contributed by atoms with Crippen molar-refractivity contribution in [3.63, 3.8) is 0 Å². The van der Waals surface area contributed by atoms with Crippen molar-refractivity contribution in [3.05, 3.63) is 39.4 Å². The maximum absolute atomic E-state index is 12.5. The van der Waals surface area contributed by atoms with Crippen molar-refractivity contribution >= 4 is 17.6 Å². The van der Waals surface area contributed by atoms with Crippen molar-refractivity contribution in [2.45, 2.75) is 19.8 Å². The molecule has 0 aromatic heterocycles. The number of rotatable bonds is 3. The van der Waals surface area contributed by atoms with Crippen molar-refractivity contribution in [3.8, 4) is 0 Å². The molecule has 1 aromatic rings. The number of carboxylic acid groups (broad SMARTS) is 1. The van der Waals surface area contributed by atoms with Gasteiger partial charge in [-0.2, -0.15) is 0 Å².